The fourth-order valence-corrected chi connectivity index (χ4v) is 56.8. The van der Waals surface area contributed by atoms with E-state index in [0.717, 1.165) is 0 Å². The summed E-state index contributed by atoms with van der Waals surface area (Å²) in [6.45, 7) is 104. The Hall–Kier alpha value is -4.47. The van der Waals surface area contributed by atoms with Crippen LogP contribution >= 0.6 is 0 Å². The predicted octanol–water partition coefficient (Wildman–Crippen LogP) is 18.5. The summed E-state index contributed by atoms with van der Waals surface area (Å²) in [5.41, 5.74) is 161. The van der Waals surface area contributed by atoms with Crippen molar-refractivity contribution in [1.29, 1.82) is 0 Å². The highest BCUT2D eigenvalue weighted by Gasteiger charge is 2.36. The summed E-state index contributed by atoms with van der Waals surface area (Å²) in [6, 6.07) is 0. The molecular weight excluding hydrogens is 1670 g/mol. The van der Waals surface area contributed by atoms with E-state index in [0.29, 0.717) is 0 Å². The summed E-state index contributed by atoms with van der Waals surface area (Å²) < 4.78 is 0. The first-order valence-corrected chi connectivity index (χ1v) is 106. The van der Waals surface area contributed by atoms with Crippen LogP contribution in [-0.2, 0) is 0 Å². The van der Waals surface area contributed by atoms with Crippen molar-refractivity contribution in [3.05, 3.63) is 0 Å². The fraction of sp³-hybridized carbons (Fsp3) is 0.523. The highest BCUT2D eigenvalue weighted by molar-refractivity contribution is 7.13. The van der Waals surface area contributed by atoms with Crippen molar-refractivity contribution in [1.82, 2.24) is 0 Å². The molecule has 0 aromatic heterocycles. The van der Waals surface area contributed by atoms with E-state index in [1.54, 1.807) is 0 Å². The van der Waals surface area contributed by atoms with E-state index in [4.69, 9.17) is 0 Å². The first kappa shape index (κ1) is 106. The van der Waals surface area contributed by atoms with Crippen LogP contribution in [0.25, 0.3) is 0 Å². The lowest BCUT2D eigenvalue weighted by molar-refractivity contribution is 1.81. The van der Waals surface area contributed by atoms with E-state index in [9.17, 15) is 0 Å². The van der Waals surface area contributed by atoms with Gasteiger partial charge in [-0.15, -0.1) is 233 Å². The molecule has 0 aromatic carbocycles. The molecule has 0 saturated heterocycles. The van der Waals surface area contributed by atoms with Gasteiger partial charge >= 0.3 is 0 Å². The first-order chi connectivity index (χ1) is 48.3. The van der Waals surface area contributed by atoms with Gasteiger partial charge in [0.1, 0.15) is 96.9 Å². The van der Waals surface area contributed by atoms with E-state index in [2.05, 4.69) is 534 Å². The quantitative estimate of drug-likeness (QED) is 0.168. The summed E-state index contributed by atoms with van der Waals surface area (Å²) in [5.74, 6) is 0. The van der Waals surface area contributed by atoms with Gasteiger partial charge in [0, 0.05) is 0 Å². The number of rotatable bonds is 0. The van der Waals surface area contributed by atoms with Gasteiger partial charge < -0.3 is 0 Å². The van der Waals surface area contributed by atoms with Gasteiger partial charge in [-0.2, -0.15) is 0 Å². The van der Waals surface area contributed by atoms with Crippen LogP contribution in [0.5, 0.6) is 0 Å². The van der Waals surface area contributed by atoms with Gasteiger partial charge in [-0.05, 0) is 65.5 Å². The zero-order valence-electron chi connectivity index (χ0n) is 78.0. The standard InChI is InChI=1S/C88H138Si22/c1-89(2,3)47-59-101(37,60-48-90(4,5)6)71-77-107(43,78-72-102(38,61-49-91(7,8)9)62-50-92(10,11)12)83-86-110(46,87-84-108(44,79-73-103(39,63-51-93(13,14)15)64-52-94(16,17)18)80-74-104(40,65-53-95(19,20)21)66-54-96(22,23)24)88-85-109(45,81-75-105(41,67-55-97(25,26)27)68-56-98(28,29)30)82-76-106(42,69-57-99(31,32)33)70-58-100(34,35)36/h1-46H3. The minimum Gasteiger partial charge on any atom is -0.137 e. The maximum absolute atomic E-state index is 4.02. The van der Waals surface area contributed by atoms with Crippen LogP contribution in [0.15, 0.2) is 0 Å². The van der Waals surface area contributed by atoms with Gasteiger partial charge in [-0.25, -0.2) is 0 Å². The third-order valence-corrected chi connectivity index (χ3v) is 47.8. The normalized spacial score (nSPS) is 12.4. The molecule has 578 valence electrons. The average molecular weight is 1810 g/mol. The second kappa shape index (κ2) is 39.0. The van der Waals surface area contributed by atoms with Crippen molar-refractivity contribution < 1.29 is 0 Å². The molecule has 0 aromatic rings. The summed E-state index contributed by atoms with van der Waals surface area (Å²) in [6.07, 6.45) is 0. The summed E-state index contributed by atoms with van der Waals surface area (Å²) >= 11 is 0. The SMILES string of the molecule is C[Si](C)(C)C#C[Si](C)(C#C[Si](C)(C)C)C#C[Si](C)(C#C[Si](C)(C#C[Si](C)(C)C)C#C[Si](C)(C)C)C#C[Si](C)(C#C[Si](C)(C#C[Si](C)(C#C[Si](C)(C)C)C#C[Si](C)(C)C)C#C[Si](C)(C#C[Si](C)(C)C)C#C[Si](C)(C)C)C#C[Si](C)(C#C[Si](C)(C#C[Si](C)(C)C)C#C[Si](C)(C)C)C#C[Si](C)(C#C[Si](C)(C)C)C#C[Si](C)(C)C. The zero-order valence-corrected chi connectivity index (χ0v) is 100. The second-order valence-electron chi connectivity index (χ2n) is 43.5. The van der Waals surface area contributed by atoms with E-state index < -0.39 is 178 Å². The van der Waals surface area contributed by atoms with E-state index in [1.807, 2.05) is 0 Å². The highest BCUT2D eigenvalue weighted by Crippen LogP contribution is 2.17. The van der Waals surface area contributed by atoms with Crippen LogP contribution in [0.1, 0.15) is 0 Å². The van der Waals surface area contributed by atoms with Crippen molar-refractivity contribution in [2.75, 3.05) is 0 Å². The van der Waals surface area contributed by atoms with Crippen molar-refractivity contribution >= 4 is 178 Å². The Balaban J connectivity index is 12.1. The molecule has 0 aliphatic carbocycles. The number of hydrogen-bond donors (Lipinski definition) is 0. The maximum atomic E-state index is 4.02. The molecule has 0 bridgehead atoms. The van der Waals surface area contributed by atoms with E-state index in [1.165, 1.54) is 0 Å². The Labute approximate surface area is 704 Å². The average Bonchev–Trinajstić information content (AvgIpc) is 0.818. The summed E-state index contributed by atoms with van der Waals surface area (Å²) in [5, 5.41) is 0. The molecule has 0 saturated carbocycles. The maximum Gasteiger partial charge on any atom is 0.285 e. The Bertz CT molecular complexity index is 4020. The van der Waals surface area contributed by atoms with Crippen molar-refractivity contribution in [2.24, 2.45) is 0 Å². The molecular formula is C88H138Si22. The van der Waals surface area contributed by atoms with Crippen LogP contribution < -0.4 is 0 Å². The lowest BCUT2D eigenvalue weighted by atomic mass is 11.3. The largest absolute Gasteiger partial charge is 0.285 e. The molecule has 0 rings (SSSR count). The zero-order chi connectivity index (χ0) is 86.7. The minimum atomic E-state index is -3.60. The molecule has 0 fully saturated rings. The molecule has 22 heteroatoms. The lowest BCUT2D eigenvalue weighted by Crippen LogP contribution is -2.37. The Morgan fingerprint density at radius 1 is 0.0636 bits per heavy atom. The summed E-state index contributed by atoms with van der Waals surface area (Å²) in [4.78, 5) is 0. The second-order valence-corrected chi connectivity index (χ2v) is 130. The van der Waals surface area contributed by atoms with Crippen LogP contribution in [-0.4, -0.2) is 178 Å². The number of hydrogen-bond acceptors (Lipinski definition) is 0. The minimum absolute atomic E-state index is 1.86. The predicted molar refractivity (Wildman–Crippen MR) is 560 cm³/mol. The fourth-order valence-electron chi connectivity index (χ4n) is 6.94. The van der Waals surface area contributed by atoms with E-state index >= 15 is 0 Å². The van der Waals surface area contributed by atoms with Gasteiger partial charge in [0.25, 0.3) is 80.7 Å². The van der Waals surface area contributed by atoms with Crippen molar-refractivity contribution in [2.45, 2.75) is 301 Å². The first-order valence-electron chi connectivity index (χ1n) is 38.8. The monoisotopic (exact) mass is 1810 g/mol. The smallest absolute Gasteiger partial charge is 0.137 e. The Morgan fingerprint density at radius 2 is 0.100 bits per heavy atom. The Kier molecular flexibility index (Phi) is 37.4. The van der Waals surface area contributed by atoms with Crippen molar-refractivity contribution in [3.8, 4) is 233 Å². The van der Waals surface area contributed by atoms with Gasteiger partial charge in [0.15, 0.2) is 0 Å². The molecule has 0 aliphatic rings. The van der Waals surface area contributed by atoms with Crippen LogP contribution in [0.4, 0.5) is 0 Å². The molecule has 0 nitrogen and oxygen atoms in total. The van der Waals surface area contributed by atoms with Gasteiger partial charge in [0.05, 0.1) is 0 Å². The molecule has 0 atom stereocenters. The third-order valence-electron chi connectivity index (χ3n) is 13.3. The van der Waals surface area contributed by atoms with Crippen LogP contribution in [0.3, 0.4) is 0 Å². The Morgan fingerprint density at radius 3 is 0.136 bits per heavy atom. The van der Waals surface area contributed by atoms with Crippen LogP contribution in [0, 0.1) is 233 Å². The van der Waals surface area contributed by atoms with E-state index in [-0.39, 0.29) is 0 Å². The van der Waals surface area contributed by atoms with Gasteiger partial charge in [0.2, 0.25) is 0 Å². The molecule has 0 amide bonds. The van der Waals surface area contributed by atoms with Gasteiger partial charge in [-0.3, -0.25) is 0 Å². The molecule has 0 unspecified atom stereocenters. The summed E-state index contributed by atoms with van der Waals surface area (Å²) in [7, 11) is -53.6. The molecule has 0 spiro atoms. The molecule has 0 heterocycles. The highest BCUT2D eigenvalue weighted by atomic mass is 28.4. The van der Waals surface area contributed by atoms with Gasteiger partial charge in [-0.1, -0.05) is 236 Å². The molecule has 0 aliphatic heterocycles. The molecule has 110 heavy (non-hydrogen) atoms. The molecule has 0 radical (unpaired) electrons. The van der Waals surface area contributed by atoms with Crippen LogP contribution in [0.2, 0.25) is 301 Å². The molecule has 0 N–H and O–H groups in total. The lowest BCUT2D eigenvalue weighted by Gasteiger charge is -2.15. The van der Waals surface area contributed by atoms with Crippen molar-refractivity contribution in [3.63, 3.8) is 0 Å². The topological polar surface area (TPSA) is 0 Å². The third kappa shape index (κ3) is 53.6.